The maximum atomic E-state index is 6.20. The van der Waals surface area contributed by atoms with Crippen molar-refractivity contribution >= 4 is 11.5 Å². The fourth-order valence-corrected chi connectivity index (χ4v) is 2.78. The Bertz CT molecular complexity index is 1080. The molecule has 5 heteroatoms. The first kappa shape index (κ1) is 17.7. The number of pyridine rings is 3. The highest BCUT2D eigenvalue weighted by atomic mass is 16.5. The van der Waals surface area contributed by atoms with E-state index in [1.165, 1.54) is 0 Å². The average molecular weight is 368 g/mol. The van der Waals surface area contributed by atoms with E-state index in [-0.39, 0.29) is 0 Å². The number of benzene rings is 1. The second kappa shape index (κ2) is 7.88. The largest absolute Gasteiger partial charge is 0.455 e. The van der Waals surface area contributed by atoms with E-state index in [0.717, 1.165) is 28.3 Å². The molecule has 4 rings (SSSR count). The molecule has 28 heavy (non-hydrogen) atoms. The summed E-state index contributed by atoms with van der Waals surface area (Å²) in [4.78, 5) is 13.5. The second-order valence-corrected chi connectivity index (χ2v) is 6.42. The predicted molar refractivity (Wildman–Crippen MR) is 111 cm³/mol. The molecule has 0 amide bonds. The first-order valence-corrected chi connectivity index (χ1v) is 9.05. The van der Waals surface area contributed by atoms with Crippen LogP contribution in [0.25, 0.3) is 11.4 Å². The van der Waals surface area contributed by atoms with Crippen LogP contribution in [0.2, 0.25) is 0 Å². The number of para-hydroxylation sites is 1. The van der Waals surface area contributed by atoms with Gasteiger partial charge in [0.25, 0.3) is 0 Å². The van der Waals surface area contributed by atoms with Crippen LogP contribution in [-0.4, -0.2) is 15.0 Å². The van der Waals surface area contributed by atoms with E-state index in [9.17, 15) is 0 Å². The molecule has 0 aliphatic carbocycles. The minimum atomic E-state index is 0.665. The summed E-state index contributed by atoms with van der Waals surface area (Å²) in [7, 11) is 0. The van der Waals surface area contributed by atoms with Crippen LogP contribution in [0.5, 0.6) is 11.5 Å². The third kappa shape index (κ3) is 3.99. The Hall–Kier alpha value is -3.73. The third-order valence-electron chi connectivity index (χ3n) is 4.34. The molecule has 0 saturated carbocycles. The standard InChI is InChI=1S/C23H20N4O/c1-16-14-21(23(26-17(16)2)20-10-6-7-12-24-20)28-19-11-13-25-22(15-19)27-18-8-4-3-5-9-18/h3-15H,1-2H3,(H,25,27). The van der Waals surface area contributed by atoms with Crippen molar-refractivity contribution in [3.05, 3.63) is 90.4 Å². The smallest absolute Gasteiger partial charge is 0.155 e. The van der Waals surface area contributed by atoms with Crippen LogP contribution in [0, 0.1) is 13.8 Å². The number of ether oxygens (including phenoxy) is 1. The van der Waals surface area contributed by atoms with Crippen molar-refractivity contribution in [2.24, 2.45) is 0 Å². The molecule has 5 nitrogen and oxygen atoms in total. The molecule has 0 unspecified atom stereocenters. The van der Waals surface area contributed by atoms with Gasteiger partial charge in [0.2, 0.25) is 0 Å². The number of nitrogens with zero attached hydrogens (tertiary/aromatic N) is 3. The lowest BCUT2D eigenvalue weighted by Gasteiger charge is -2.13. The summed E-state index contributed by atoms with van der Waals surface area (Å²) in [6, 6.07) is 21.3. The molecular weight excluding hydrogens is 348 g/mol. The van der Waals surface area contributed by atoms with Gasteiger partial charge >= 0.3 is 0 Å². The molecule has 0 fully saturated rings. The van der Waals surface area contributed by atoms with Gasteiger partial charge in [-0.3, -0.25) is 4.98 Å². The lowest BCUT2D eigenvalue weighted by Crippen LogP contribution is -1.98. The summed E-state index contributed by atoms with van der Waals surface area (Å²) in [5, 5.41) is 3.28. The van der Waals surface area contributed by atoms with Crippen LogP contribution in [-0.2, 0) is 0 Å². The molecule has 0 bridgehead atoms. The molecule has 4 aromatic rings. The Balaban J connectivity index is 1.66. The highest BCUT2D eigenvalue weighted by Gasteiger charge is 2.13. The van der Waals surface area contributed by atoms with E-state index < -0.39 is 0 Å². The van der Waals surface area contributed by atoms with E-state index in [0.29, 0.717) is 17.3 Å². The molecule has 138 valence electrons. The Morgan fingerprint density at radius 3 is 2.43 bits per heavy atom. The SMILES string of the molecule is Cc1cc(Oc2ccnc(Nc3ccccc3)c2)c(-c2ccccn2)nc1C. The van der Waals surface area contributed by atoms with Gasteiger partial charge in [0, 0.05) is 29.8 Å². The van der Waals surface area contributed by atoms with E-state index in [2.05, 4.69) is 15.3 Å². The van der Waals surface area contributed by atoms with E-state index in [1.54, 1.807) is 12.4 Å². The van der Waals surface area contributed by atoms with E-state index >= 15 is 0 Å². The van der Waals surface area contributed by atoms with Crippen molar-refractivity contribution in [2.75, 3.05) is 5.32 Å². The number of anilines is 2. The topological polar surface area (TPSA) is 59.9 Å². The molecule has 0 atom stereocenters. The van der Waals surface area contributed by atoms with Gasteiger partial charge in [0.15, 0.2) is 5.75 Å². The van der Waals surface area contributed by atoms with Crippen molar-refractivity contribution in [1.82, 2.24) is 15.0 Å². The van der Waals surface area contributed by atoms with E-state index in [1.807, 2.05) is 80.6 Å². The monoisotopic (exact) mass is 368 g/mol. The van der Waals surface area contributed by atoms with Gasteiger partial charge in [-0.1, -0.05) is 24.3 Å². The summed E-state index contributed by atoms with van der Waals surface area (Å²) < 4.78 is 6.20. The lowest BCUT2D eigenvalue weighted by molar-refractivity contribution is 0.481. The maximum Gasteiger partial charge on any atom is 0.155 e. The molecule has 1 N–H and O–H groups in total. The van der Waals surface area contributed by atoms with Crippen molar-refractivity contribution < 1.29 is 4.74 Å². The van der Waals surface area contributed by atoms with E-state index in [4.69, 9.17) is 9.72 Å². The quantitative estimate of drug-likeness (QED) is 0.490. The minimum absolute atomic E-state index is 0.665. The van der Waals surface area contributed by atoms with Crippen LogP contribution in [0.15, 0.2) is 79.1 Å². The summed E-state index contributed by atoms with van der Waals surface area (Å²) in [5.74, 6) is 2.05. The molecule has 0 spiro atoms. The Morgan fingerprint density at radius 1 is 0.821 bits per heavy atom. The Kier molecular flexibility index (Phi) is 4.97. The first-order valence-electron chi connectivity index (χ1n) is 9.05. The fourth-order valence-electron chi connectivity index (χ4n) is 2.78. The van der Waals surface area contributed by atoms with Crippen LogP contribution in [0.1, 0.15) is 11.3 Å². The zero-order chi connectivity index (χ0) is 19.3. The molecule has 3 aromatic heterocycles. The number of rotatable bonds is 5. The van der Waals surface area contributed by atoms with Gasteiger partial charge in [-0.05, 0) is 55.8 Å². The van der Waals surface area contributed by atoms with Gasteiger partial charge < -0.3 is 10.1 Å². The first-order chi connectivity index (χ1) is 13.7. The highest BCUT2D eigenvalue weighted by Crippen LogP contribution is 2.33. The second-order valence-electron chi connectivity index (χ2n) is 6.42. The number of aryl methyl sites for hydroxylation is 2. The molecule has 0 aliphatic rings. The number of hydrogen-bond donors (Lipinski definition) is 1. The zero-order valence-electron chi connectivity index (χ0n) is 15.8. The summed E-state index contributed by atoms with van der Waals surface area (Å²) in [6.45, 7) is 4.01. The Morgan fingerprint density at radius 2 is 1.64 bits per heavy atom. The highest BCUT2D eigenvalue weighted by molar-refractivity contribution is 5.65. The van der Waals surface area contributed by atoms with Crippen molar-refractivity contribution in [3.8, 4) is 22.9 Å². The van der Waals surface area contributed by atoms with Crippen LogP contribution in [0.3, 0.4) is 0 Å². The molecule has 0 saturated heterocycles. The molecular formula is C23H20N4O. The normalized spacial score (nSPS) is 10.5. The number of aromatic nitrogens is 3. The third-order valence-corrected chi connectivity index (χ3v) is 4.34. The summed E-state index contributed by atoms with van der Waals surface area (Å²) in [6.07, 6.45) is 3.47. The van der Waals surface area contributed by atoms with Crippen LogP contribution >= 0.6 is 0 Å². The number of hydrogen-bond acceptors (Lipinski definition) is 5. The van der Waals surface area contributed by atoms with Crippen LogP contribution < -0.4 is 10.1 Å². The van der Waals surface area contributed by atoms with Crippen LogP contribution in [0.4, 0.5) is 11.5 Å². The van der Waals surface area contributed by atoms with Gasteiger partial charge in [0.1, 0.15) is 17.3 Å². The van der Waals surface area contributed by atoms with Gasteiger partial charge in [-0.2, -0.15) is 0 Å². The maximum absolute atomic E-state index is 6.20. The average Bonchev–Trinajstić information content (AvgIpc) is 2.72. The molecule has 0 radical (unpaired) electrons. The van der Waals surface area contributed by atoms with Crippen molar-refractivity contribution in [3.63, 3.8) is 0 Å². The fraction of sp³-hybridized carbons (Fsp3) is 0.0870. The molecule has 1 aromatic carbocycles. The van der Waals surface area contributed by atoms with Gasteiger partial charge in [0.05, 0.1) is 5.69 Å². The summed E-state index contributed by atoms with van der Waals surface area (Å²) in [5.41, 5.74) is 4.48. The summed E-state index contributed by atoms with van der Waals surface area (Å²) >= 11 is 0. The van der Waals surface area contributed by atoms with Crippen molar-refractivity contribution in [2.45, 2.75) is 13.8 Å². The number of nitrogens with one attached hydrogen (secondary N) is 1. The minimum Gasteiger partial charge on any atom is -0.455 e. The zero-order valence-corrected chi connectivity index (χ0v) is 15.8. The molecule has 0 aliphatic heterocycles. The van der Waals surface area contributed by atoms with Crippen molar-refractivity contribution in [1.29, 1.82) is 0 Å². The molecule has 3 heterocycles. The lowest BCUT2D eigenvalue weighted by atomic mass is 10.1. The predicted octanol–water partition coefficient (Wildman–Crippen LogP) is 5.69. The van der Waals surface area contributed by atoms with Gasteiger partial charge in [-0.25, -0.2) is 9.97 Å². The Labute approximate surface area is 164 Å². The van der Waals surface area contributed by atoms with Gasteiger partial charge in [-0.15, -0.1) is 0 Å².